The first-order chi connectivity index (χ1) is 46.9. The summed E-state index contributed by atoms with van der Waals surface area (Å²) in [5.41, 5.74) is 0. The highest BCUT2D eigenvalue weighted by atomic mass is 31.2. The number of phosphoric acid groups is 2. The van der Waals surface area contributed by atoms with Gasteiger partial charge < -0.3 is 33.8 Å². The zero-order valence-electron chi connectivity index (χ0n) is 63.4. The first-order valence-corrected chi connectivity index (χ1v) is 43.5. The average molecular weight is 1420 g/mol. The summed E-state index contributed by atoms with van der Waals surface area (Å²) >= 11 is 0. The lowest BCUT2D eigenvalue weighted by molar-refractivity contribution is -0.161. The molecular weight excluding hydrogens is 1270 g/mol. The monoisotopic (exact) mass is 1420 g/mol. The van der Waals surface area contributed by atoms with Gasteiger partial charge in [-0.25, -0.2) is 9.13 Å². The fourth-order valence-electron chi connectivity index (χ4n) is 12.0. The van der Waals surface area contributed by atoms with E-state index in [1.165, 1.54) is 225 Å². The molecule has 0 heterocycles. The Morgan fingerprint density at radius 1 is 0.278 bits per heavy atom. The van der Waals surface area contributed by atoms with E-state index in [1.54, 1.807) is 0 Å². The summed E-state index contributed by atoms with van der Waals surface area (Å²) in [7, 11) is -9.91. The molecule has 0 bridgehead atoms. The molecule has 0 aliphatic carbocycles. The van der Waals surface area contributed by atoms with Crippen LogP contribution < -0.4 is 0 Å². The number of unbranched alkanes of at least 4 members (excludes halogenated alkanes) is 47. The summed E-state index contributed by atoms with van der Waals surface area (Å²) in [5, 5.41) is 10.6. The molecule has 0 saturated heterocycles. The quantitative estimate of drug-likeness (QED) is 0.0222. The molecule has 576 valence electrons. The van der Waals surface area contributed by atoms with E-state index < -0.39 is 97.5 Å². The number of esters is 4. The molecule has 0 amide bonds. The fraction of sp³-hybridized carbons (Fsp3) is 0.949. The normalized spacial score (nSPS) is 14.0. The van der Waals surface area contributed by atoms with Crippen molar-refractivity contribution in [2.75, 3.05) is 39.6 Å². The van der Waals surface area contributed by atoms with E-state index in [-0.39, 0.29) is 25.7 Å². The number of hydrogen-bond acceptors (Lipinski definition) is 15. The highest BCUT2D eigenvalue weighted by molar-refractivity contribution is 7.47. The van der Waals surface area contributed by atoms with Gasteiger partial charge in [0, 0.05) is 25.7 Å². The van der Waals surface area contributed by atoms with E-state index in [2.05, 4.69) is 41.5 Å². The van der Waals surface area contributed by atoms with Gasteiger partial charge >= 0.3 is 39.5 Å². The van der Waals surface area contributed by atoms with E-state index in [9.17, 15) is 43.2 Å². The maximum Gasteiger partial charge on any atom is 0.472 e. The molecule has 3 N–H and O–H groups in total. The van der Waals surface area contributed by atoms with Gasteiger partial charge in [0.2, 0.25) is 0 Å². The Bertz CT molecular complexity index is 1870. The van der Waals surface area contributed by atoms with Gasteiger partial charge in [-0.2, -0.15) is 0 Å². The number of aliphatic hydroxyl groups is 1. The van der Waals surface area contributed by atoms with E-state index in [4.69, 9.17) is 37.0 Å². The van der Waals surface area contributed by atoms with Crippen LogP contribution in [0.15, 0.2) is 0 Å². The minimum absolute atomic E-state index is 0.105. The summed E-state index contributed by atoms with van der Waals surface area (Å²) < 4.78 is 68.6. The Hall–Kier alpha value is -1.94. The van der Waals surface area contributed by atoms with Crippen LogP contribution in [0.25, 0.3) is 0 Å². The summed E-state index contributed by atoms with van der Waals surface area (Å²) in [4.78, 5) is 72.8. The molecule has 0 aliphatic heterocycles. The Morgan fingerprint density at radius 2 is 0.474 bits per heavy atom. The first-order valence-electron chi connectivity index (χ1n) is 40.5. The smallest absolute Gasteiger partial charge is 0.462 e. The van der Waals surface area contributed by atoms with Crippen molar-refractivity contribution >= 4 is 39.5 Å². The van der Waals surface area contributed by atoms with Gasteiger partial charge in [-0.1, -0.05) is 356 Å². The Balaban J connectivity index is 5.21. The molecule has 0 radical (unpaired) electrons. The average Bonchev–Trinajstić information content (AvgIpc) is 2.64. The number of hydrogen-bond donors (Lipinski definition) is 3. The molecule has 0 aliphatic rings. The van der Waals surface area contributed by atoms with Crippen LogP contribution in [0.1, 0.15) is 408 Å². The number of ether oxygens (including phenoxy) is 4. The highest BCUT2D eigenvalue weighted by Gasteiger charge is 2.30. The van der Waals surface area contributed by atoms with Crippen LogP contribution in [0.4, 0.5) is 0 Å². The van der Waals surface area contributed by atoms with Gasteiger partial charge in [0.15, 0.2) is 12.2 Å². The van der Waals surface area contributed by atoms with Crippen LogP contribution in [-0.2, 0) is 65.4 Å². The van der Waals surface area contributed by atoms with Crippen molar-refractivity contribution in [1.82, 2.24) is 0 Å². The van der Waals surface area contributed by atoms with Crippen molar-refractivity contribution in [3.63, 3.8) is 0 Å². The molecule has 2 unspecified atom stereocenters. The zero-order chi connectivity index (χ0) is 71.4. The van der Waals surface area contributed by atoms with Gasteiger partial charge in [-0.15, -0.1) is 0 Å². The number of rotatable bonds is 77. The second kappa shape index (κ2) is 69.8. The van der Waals surface area contributed by atoms with E-state index in [0.29, 0.717) is 25.7 Å². The lowest BCUT2D eigenvalue weighted by Gasteiger charge is -2.21. The van der Waals surface area contributed by atoms with Crippen LogP contribution in [0, 0.1) is 11.8 Å². The van der Waals surface area contributed by atoms with Crippen molar-refractivity contribution in [3.8, 4) is 0 Å². The SMILES string of the molecule is CCCCCCCCCCCCCCCCCCCCCCC(=O)O[C@H](COC(=O)CCCCCCCCCCCCCCCC(C)C)COP(=O)(O)OC[C@@H](O)COP(=O)(O)OC[C@@H](COC(=O)CCCCCCCCCCCC)OC(=O)CCCCCCCCCCC(C)C. The van der Waals surface area contributed by atoms with Crippen molar-refractivity contribution in [2.24, 2.45) is 11.8 Å². The van der Waals surface area contributed by atoms with Gasteiger partial charge in [0.25, 0.3) is 0 Å². The molecular formula is C78H152O17P2. The predicted molar refractivity (Wildman–Crippen MR) is 395 cm³/mol. The number of phosphoric ester groups is 2. The minimum Gasteiger partial charge on any atom is -0.462 e. The third-order valence-electron chi connectivity index (χ3n) is 18.2. The molecule has 0 aromatic rings. The second-order valence-electron chi connectivity index (χ2n) is 29.1. The van der Waals surface area contributed by atoms with Gasteiger partial charge in [-0.05, 0) is 37.5 Å². The zero-order valence-corrected chi connectivity index (χ0v) is 65.2. The van der Waals surface area contributed by atoms with Crippen molar-refractivity contribution < 1.29 is 80.2 Å². The minimum atomic E-state index is -4.96. The molecule has 0 rings (SSSR count). The highest BCUT2D eigenvalue weighted by Crippen LogP contribution is 2.45. The maximum absolute atomic E-state index is 13.1. The molecule has 17 nitrogen and oxygen atoms in total. The Labute approximate surface area is 594 Å². The van der Waals surface area contributed by atoms with Crippen LogP contribution in [0.2, 0.25) is 0 Å². The predicted octanol–water partition coefficient (Wildman–Crippen LogP) is 23.1. The molecule has 0 aromatic heterocycles. The Morgan fingerprint density at radius 3 is 0.701 bits per heavy atom. The summed E-state index contributed by atoms with van der Waals surface area (Å²) in [5.74, 6) is -0.606. The second-order valence-corrected chi connectivity index (χ2v) is 32.0. The lowest BCUT2D eigenvalue weighted by Crippen LogP contribution is -2.30. The first kappa shape index (κ1) is 95.1. The number of carbonyl (C=O) groups is 4. The summed E-state index contributed by atoms with van der Waals surface area (Å²) in [6.07, 6.45) is 58.4. The third-order valence-corrected chi connectivity index (χ3v) is 20.1. The molecule has 0 saturated carbocycles. The van der Waals surface area contributed by atoms with Gasteiger partial charge in [0.1, 0.15) is 19.3 Å². The van der Waals surface area contributed by atoms with Crippen molar-refractivity contribution in [2.45, 2.75) is 426 Å². The summed E-state index contributed by atoms with van der Waals surface area (Å²) in [6, 6.07) is 0. The van der Waals surface area contributed by atoms with Gasteiger partial charge in [0.05, 0.1) is 26.4 Å². The number of carbonyl (C=O) groups excluding carboxylic acids is 4. The van der Waals surface area contributed by atoms with Crippen LogP contribution in [-0.4, -0.2) is 96.7 Å². The Kier molecular flexibility index (Phi) is 68.4. The standard InChI is InChI=1S/C78H152O17P2/c1-7-9-11-13-15-17-19-20-21-22-23-24-25-26-29-33-37-44-50-56-62-77(82)94-73(66-89-76(81)61-55-49-43-36-32-30-27-28-31-34-40-46-52-58-70(3)4)68-92-96(84,85)90-64-72(79)65-91-97(86,87)93-69-74(67-88-75(80)60-54-48-42-35-18-16-14-12-10-8-2)95-78(83)63-57-51-45-39-38-41-47-53-59-71(5)6/h70-74,79H,7-69H2,1-6H3,(H,84,85)(H,86,87)/t72-,73-,74-/m1/s1. The van der Waals surface area contributed by atoms with Crippen LogP contribution in [0.5, 0.6) is 0 Å². The molecule has 97 heavy (non-hydrogen) atoms. The maximum atomic E-state index is 13.1. The number of aliphatic hydroxyl groups excluding tert-OH is 1. The summed E-state index contributed by atoms with van der Waals surface area (Å²) in [6.45, 7) is 9.58. The molecule has 0 spiro atoms. The lowest BCUT2D eigenvalue weighted by atomic mass is 10.0. The largest absolute Gasteiger partial charge is 0.472 e. The third kappa shape index (κ3) is 72.2. The molecule has 0 fully saturated rings. The van der Waals surface area contributed by atoms with Gasteiger partial charge in [-0.3, -0.25) is 37.3 Å². The van der Waals surface area contributed by atoms with E-state index >= 15 is 0 Å². The van der Waals surface area contributed by atoms with Crippen molar-refractivity contribution in [1.29, 1.82) is 0 Å². The van der Waals surface area contributed by atoms with Crippen LogP contribution in [0.3, 0.4) is 0 Å². The fourth-order valence-corrected chi connectivity index (χ4v) is 13.6. The van der Waals surface area contributed by atoms with Crippen LogP contribution >= 0.6 is 15.6 Å². The molecule has 5 atom stereocenters. The van der Waals surface area contributed by atoms with E-state index in [0.717, 1.165) is 102 Å². The molecule has 19 heteroatoms. The van der Waals surface area contributed by atoms with Crippen molar-refractivity contribution in [3.05, 3.63) is 0 Å². The topological polar surface area (TPSA) is 237 Å². The van der Waals surface area contributed by atoms with E-state index in [1.807, 2.05) is 0 Å². The molecule has 0 aromatic carbocycles.